The standard InChI is InChI=1S/C22H30FN3O5S2/c1-17(2)15-26(16-18-4-6-19(23)7-5-18)33(29,30)22-9-8-21(14-24-22)31-20-10-12-25(13-11-20)32(3,27)28/h4-9,14,17,20H,10-13,15-16H2,1-3H3. The Morgan fingerprint density at radius 3 is 2.24 bits per heavy atom. The zero-order valence-corrected chi connectivity index (χ0v) is 20.6. The van der Waals surface area contributed by atoms with Crippen LogP contribution in [0.15, 0.2) is 47.6 Å². The summed E-state index contributed by atoms with van der Waals surface area (Å²) in [5.74, 6) is 0.137. The SMILES string of the molecule is CC(C)CN(Cc1ccc(F)cc1)S(=O)(=O)c1ccc(OC2CCN(S(C)(=O)=O)CC2)cn1. The quantitative estimate of drug-likeness (QED) is 0.526. The summed E-state index contributed by atoms with van der Waals surface area (Å²) in [7, 11) is -7.09. The second kappa shape index (κ2) is 10.5. The number of hydrogen-bond donors (Lipinski definition) is 0. The van der Waals surface area contributed by atoms with Crippen molar-refractivity contribution in [3.05, 3.63) is 54.0 Å². The van der Waals surface area contributed by atoms with E-state index in [1.54, 1.807) is 18.2 Å². The highest BCUT2D eigenvalue weighted by Crippen LogP contribution is 2.23. The van der Waals surface area contributed by atoms with Gasteiger partial charge in [0.05, 0.1) is 12.5 Å². The molecule has 11 heteroatoms. The number of nitrogens with zero attached hydrogens (tertiary/aromatic N) is 3. The van der Waals surface area contributed by atoms with Crippen molar-refractivity contribution in [1.82, 2.24) is 13.6 Å². The highest BCUT2D eigenvalue weighted by Gasteiger charge is 2.28. The maximum atomic E-state index is 13.3. The van der Waals surface area contributed by atoms with E-state index in [4.69, 9.17) is 4.74 Å². The molecular weight excluding hydrogens is 469 g/mol. The lowest BCUT2D eigenvalue weighted by Gasteiger charge is -2.30. The van der Waals surface area contributed by atoms with E-state index in [0.717, 1.165) is 0 Å². The minimum atomic E-state index is -3.88. The second-order valence-corrected chi connectivity index (χ2v) is 12.5. The molecule has 1 aliphatic rings. The van der Waals surface area contributed by atoms with E-state index in [-0.39, 0.29) is 29.4 Å². The minimum absolute atomic E-state index is 0.0839. The highest BCUT2D eigenvalue weighted by molar-refractivity contribution is 7.89. The molecule has 0 spiro atoms. The molecule has 0 amide bonds. The summed E-state index contributed by atoms with van der Waals surface area (Å²) < 4.78 is 71.7. The molecule has 0 atom stereocenters. The molecule has 1 aliphatic heterocycles. The number of pyridine rings is 1. The molecule has 2 heterocycles. The number of halogens is 1. The van der Waals surface area contributed by atoms with E-state index >= 15 is 0 Å². The normalized spacial score (nSPS) is 16.4. The van der Waals surface area contributed by atoms with Crippen molar-refractivity contribution in [2.45, 2.75) is 44.4 Å². The Kier molecular flexibility index (Phi) is 8.09. The molecule has 0 bridgehead atoms. The van der Waals surface area contributed by atoms with Crippen molar-refractivity contribution in [3.63, 3.8) is 0 Å². The van der Waals surface area contributed by atoms with Gasteiger partial charge in [0.2, 0.25) is 10.0 Å². The van der Waals surface area contributed by atoms with Gasteiger partial charge in [-0.3, -0.25) is 0 Å². The average Bonchev–Trinajstić information content (AvgIpc) is 2.74. The van der Waals surface area contributed by atoms with Crippen LogP contribution in [0.3, 0.4) is 0 Å². The van der Waals surface area contributed by atoms with Crippen LogP contribution in [-0.2, 0) is 26.6 Å². The van der Waals surface area contributed by atoms with Crippen LogP contribution in [0.1, 0.15) is 32.3 Å². The van der Waals surface area contributed by atoms with Crippen molar-refractivity contribution >= 4 is 20.0 Å². The number of piperidine rings is 1. The summed E-state index contributed by atoms with van der Waals surface area (Å²) in [5, 5.41) is -0.0930. The zero-order valence-electron chi connectivity index (χ0n) is 19.0. The van der Waals surface area contributed by atoms with Crippen molar-refractivity contribution < 1.29 is 26.0 Å². The van der Waals surface area contributed by atoms with Crippen LogP contribution in [0.5, 0.6) is 5.75 Å². The topological polar surface area (TPSA) is 96.9 Å². The van der Waals surface area contributed by atoms with Gasteiger partial charge in [-0.1, -0.05) is 26.0 Å². The van der Waals surface area contributed by atoms with E-state index in [9.17, 15) is 21.2 Å². The molecule has 182 valence electrons. The molecule has 0 radical (unpaired) electrons. The van der Waals surface area contributed by atoms with E-state index in [1.807, 2.05) is 13.8 Å². The largest absolute Gasteiger partial charge is 0.489 e. The number of benzene rings is 1. The first-order chi connectivity index (χ1) is 15.4. The maximum absolute atomic E-state index is 13.3. The summed E-state index contributed by atoms with van der Waals surface area (Å²) >= 11 is 0. The first-order valence-electron chi connectivity index (χ1n) is 10.8. The van der Waals surface area contributed by atoms with Gasteiger partial charge < -0.3 is 4.74 Å². The molecule has 1 saturated heterocycles. The average molecular weight is 500 g/mol. The van der Waals surface area contributed by atoms with Crippen LogP contribution in [0, 0.1) is 11.7 Å². The van der Waals surface area contributed by atoms with Gasteiger partial charge >= 0.3 is 0 Å². The van der Waals surface area contributed by atoms with Gasteiger partial charge in [0.15, 0.2) is 5.03 Å². The van der Waals surface area contributed by atoms with E-state index in [0.29, 0.717) is 43.8 Å². The van der Waals surface area contributed by atoms with E-state index in [1.165, 1.54) is 39.3 Å². The summed E-state index contributed by atoms with van der Waals surface area (Å²) in [6, 6.07) is 8.72. The molecule has 0 aliphatic carbocycles. The van der Waals surface area contributed by atoms with Gasteiger partial charge in [-0.25, -0.2) is 30.5 Å². The van der Waals surface area contributed by atoms with Gasteiger partial charge in [-0.2, -0.15) is 4.31 Å². The monoisotopic (exact) mass is 499 g/mol. The molecule has 0 N–H and O–H groups in total. The van der Waals surface area contributed by atoms with Gasteiger partial charge in [-0.05, 0) is 48.6 Å². The summed E-state index contributed by atoms with van der Waals surface area (Å²) in [6.07, 6.45) is 3.50. The molecule has 2 aromatic rings. The van der Waals surface area contributed by atoms with Gasteiger partial charge in [0, 0.05) is 26.2 Å². The summed E-state index contributed by atoms with van der Waals surface area (Å²) in [5.41, 5.74) is 0.681. The Morgan fingerprint density at radius 2 is 1.73 bits per heavy atom. The van der Waals surface area contributed by atoms with Gasteiger partial charge in [0.1, 0.15) is 17.7 Å². The Balaban J connectivity index is 1.69. The molecule has 3 rings (SSSR count). The lowest BCUT2D eigenvalue weighted by molar-refractivity contribution is 0.135. The number of hydrogen-bond acceptors (Lipinski definition) is 6. The maximum Gasteiger partial charge on any atom is 0.260 e. The fourth-order valence-corrected chi connectivity index (χ4v) is 6.02. The lowest BCUT2D eigenvalue weighted by atomic mass is 10.1. The van der Waals surface area contributed by atoms with Crippen molar-refractivity contribution in [1.29, 1.82) is 0 Å². The molecule has 0 saturated carbocycles. The Morgan fingerprint density at radius 1 is 1.09 bits per heavy atom. The van der Waals surface area contributed by atoms with Crippen LogP contribution in [-0.4, -0.2) is 62.4 Å². The molecule has 33 heavy (non-hydrogen) atoms. The van der Waals surface area contributed by atoms with E-state index in [2.05, 4.69) is 4.98 Å². The highest BCUT2D eigenvalue weighted by atomic mass is 32.2. The smallest absolute Gasteiger partial charge is 0.260 e. The molecule has 1 aromatic carbocycles. The number of rotatable bonds is 9. The zero-order chi connectivity index (χ0) is 24.2. The first-order valence-corrected chi connectivity index (χ1v) is 14.1. The fraction of sp³-hybridized carbons (Fsp3) is 0.500. The van der Waals surface area contributed by atoms with Crippen LogP contribution >= 0.6 is 0 Å². The molecule has 0 unspecified atom stereocenters. The number of aromatic nitrogens is 1. The van der Waals surface area contributed by atoms with Crippen LogP contribution < -0.4 is 4.74 Å². The second-order valence-electron chi connectivity index (χ2n) is 8.63. The van der Waals surface area contributed by atoms with Gasteiger partial charge in [0.25, 0.3) is 10.0 Å². The lowest BCUT2D eigenvalue weighted by Crippen LogP contribution is -2.41. The number of sulfonamides is 2. The minimum Gasteiger partial charge on any atom is -0.489 e. The van der Waals surface area contributed by atoms with Crippen molar-refractivity contribution in [3.8, 4) is 5.75 Å². The number of ether oxygens (including phenoxy) is 1. The Bertz CT molecular complexity index is 1130. The fourth-order valence-electron chi connectivity index (χ4n) is 3.64. The van der Waals surface area contributed by atoms with Gasteiger partial charge in [-0.15, -0.1) is 0 Å². The third-order valence-electron chi connectivity index (χ3n) is 5.33. The summed E-state index contributed by atoms with van der Waals surface area (Å²) in [6.45, 7) is 5.02. The Labute approximate surface area is 195 Å². The van der Waals surface area contributed by atoms with Crippen molar-refractivity contribution in [2.75, 3.05) is 25.9 Å². The van der Waals surface area contributed by atoms with Crippen LogP contribution in [0.25, 0.3) is 0 Å². The van der Waals surface area contributed by atoms with Crippen molar-refractivity contribution in [2.24, 2.45) is 5.92 Å². The summed E-state index contributed by atoms with van der Waals surface area (Å²) in [4.78, 5) is 4.13. The Hall–Kier alpha value is -2.08. The predicted octanol–water partition coefficient (Wildman–Crippen LogP) is 2.87. The molecule has 1 fully saturated rings. The predicted molar refractivity (Wildman–Crippen MR) is 123 cm³/mol. The molecule has 8 nitrogen and oxygen atoms in total. The van der Waals surface area contributed by atoms with E-state index < -0.39 is 20.0 Å². The molecule has 1 aromatic heterocycles. The van der Waals surface area contributed by atoms with Crippen LogP contribution in [0.4, 0.5) is 4.39 Å². The first kappa shape index (κ1) is 25.5. The molecular formula is C22H30FN3O5S2. The van der Waals surface area contributed by atoms with Crippen LogP contribution in [0.2, 0.25) is 0 Å². The third kappa shape index (κ3) is 6.95. The third-order valence-corrected chi connectivity index (χ3v) is 8.36.